The highest BCUT2D eigenvalue weighted by atomic mass is 35.5. The van der Waals surface area contributed by atoms with Crippen molar-refractivity contribution in [3.63, 3.8) is 0 Å². The van der Waals surface area contributed by atoms with Gasteiger partial charge in [-0.2, -0.15) is 0 Å². The second-order valence-corrected chi connectivity index (χ2v) is 7.14. The van der Waals surface area contributed by atoms with E-state index in [0.717, 1.165) is 52.0 Å². The molecule has 148 valence electrons. The Morgan fingerprint density at radius 3 is 2.62 bits per heavy atom. The summed E-state index contributed by atoms with van der Waals surface area (Å²) >= 11 is 0. The average molecular weight is 404 g/mol. The molecule has 1 unspecified atom stereocenters. The summed E-state index contributed by atoms with van der Waals surface area (Å²) in [5.74, 6) is 0.178. The van der Waals surface area contributed by atoms with Gasteiger partial charge in [0.2, 0.25) is 5.91 Å². The molecule has 1 atom stereocenters. The van der Waals surface area contributed by atoms with E-state index in [4.69, 9.17) is 4.74 Å². The number of benzene rings is 1. The molecule has 26 heavy (non-hydrogen) atoms. The molecule has 2 saturated heterocycles. The lowest BCUT2D eigenvalue weighted by Crippen LogP contribution is -2.52. The van der Waals surface area contributed by atoms with Crippen LogP contribution in [0.15, 0.2) is 30.3 Å². The van der Waals surface area contributed by atoms with E-state index in [9.17, 15) is 4.79 Å². The van der Waals surface area contributed by atoms with Crippen molar-refractivity contribution in [3.05, 3.63) is 35.9 Å². The van der Waals surface area contributed by atoms with Crippen molar-refractivity contribution in [2.45, 2.75) is 31.8 Å². The van der Waals surface area contributed by atoms with Gasteiger partial charge in [0.25, 0.3) is 0 Å². The van der Waals surface area contributed by atoms with Crippen LogP contribution in [0.3, 0.4) is 0 Å². The van der Waals surface area contributed by atoms with Gasteiger partial charge in [0.05, 0.1) is 12.0 Å². The third-order valence-corrected chi connectivity index (χ3v) is 5.32. The summed E-state index contributed by atoms with van der Waals surface area (Å²) in [6, 6.07) is 10.8. The second kappa shape index (κ2) is 11.1. The quantitative estimate of drug-likeness (QED) is 0.764. The molecule has 7 heteroatoms. The maximum absolute atomic E-state index is 12.9. The summed E-state index contributed by atoms with van der Waals surface area (Å²) in [7, 11) is 1.69. The Bertz CT molecular complexity index is 533. The molecular formula is C19H31Cl2N3O2. The third kappa shape index (κ3) is 5.83. The van der Waals surface area contributed by atoms with E-state index >= 15 is 0 Å². The normalized spacial score (nSPS) is 22.1. The fourth-order valence-corrected chi connectivity index (χ4v) is 3.89. The number of nitrogens with one attached hydrogen (secondary N) is 2. The predicted octanol–water partition coefficient (Wildman–Crippen LogP) is 2.24. The summed E-state index contributed by atoms with van der Waals surface area (Å²) in [6.07, 6.45) is 2.74. The van der Waals surface area contributed by atoms with Gasteiger partial charge in [-0.3, -0.25) is 9.69 Å². The lowest BCUT2D eigenvalue weighted by atomic mass is 9.78. The lowest BCUT2D eigenvalue weighted by molar-refractivity contribution is -0.136. The molecule has 0 aliphatic carbocycles. The largest absolute Gasteiger partial charge is 0.384 e. The van der Waals surface area contributed by atoms with Crippen LogP contribution in [0.5, 0.6) is 0 Å². The molecule has 1 amide bonds. The Morgan fingerprint density at radius 2 is 1.96 bits per heavy atom. The van der Waals surface area contributed by atoms with Gasteiger partial charge in [0.15, 0.2) is 0 Å². The SMILES string of the molecule is COCC1(C(=O)NC2CCN(Cc3ccccc3)C2)CCNCC1.Cl.Cl. The van der Waals surface area contributed by atoms with Gasteiger partial charge < -0.3 is 15.4 Å². The maximum atomic E-state index is 12.9. The molecule has 0 saturated carbocycles. The monoisotopic (exact) mass is 403 g/mol. The van der Waals surface area contributed by atoms with Crippen molar-refractivity contribution in [3.8, 4) is 0 Å². The topological polar surface area (TPSA) is 53.6 Å². The molecule has 2 heterocycles. The first-order chi connectivity index (χ1) is 11.7. The van der Waals surface area contributed by atoms with E-state index in [-0.39, 0.29) is 42.2 Å². The van der Waals surface area contributed by atoms with Gasteiger partial charge in [-0.05, 0) is 37.9 Å². The molecule has 1 aromatic rings. The van der Waals surface area contributed by atoms with Crippen molar-refractivity contribution in [2.75, 3.05) is 39.9 Å². The summed E-state index contributed by atoms with van der Waals surface area (Å²) in [5.41, 5.74) is 0.978. The number of hydrogen-bond acceptors (Lipinski definition) is 4. The van der Waals surface area contributed by atoms with Crippen LogP contribution in [-0.2, 0) is 16.1 Å². The minimum atomic E-state index is -0.354. The minimum Gasteiger partial charge on any atom is -0.384 e. The number of nitrogens with zero attached hydrogens (tertiary/aromatic N) is 1. The fraction of sp³-hybridized carbons (Fsp3) is 0.632. The van der Waals surface area contributed by atoms with E-state index in [1.165, 1.54) is 5.56 Å². The van der Waals surface area contributed by atoms with Crippen LogP contribution < -0.4 is 10.6 Å². The van der Waals surface area contributed by atoms with Crippen molar-refractivity contribution >= 4 is 30.7 Å². The first-order valence-corrected chi connectivity index (χ1v) is 8.99. The first kappa shape index (κ1) is 23.2. The number of piperidine rings is 1. The zero-order valence-electron chi connectivity index (χ0n) is 15.4. The Balaban J connectivity index is 0.00000169. The summed E-state index contributed by atoms with van der Waals surface area (Å²) in [4.78, 5) is 15.3. The molecule has 2 aliphatic rings. The smallest absolute Gasteiger partial charge is 0.228 e. The first-order valence-electron chi connectivity index (χ1n) is 8.99. The van der Waals surface area contributed by atoms with Crippen molar-refractivity contribution in [2.24, 2.45) is 5.41 Å². The van der Waals surface area contributed by atoms with Crippen LogP contribution in [0.2, 0.25) is 0 Å². The minimum absolute atomic E-state index is 0. The van der Waals surface area contributed by atoms with Gasteiger partial charge in [-0.25, -0.2) is 0 Å². The number of amides is 1. The van der Waals surface area contributed by atoms with E-state index < -0.39 is 0 Å². The van der Waals surface area contributed by atoms with Gasteiger partial charge in [0, 0.05) is 32.8 Å². The van der Waals surface area contributed by atoms with Gasteiger partial charge in [-0.1, -0.05) is 30.3 Å². The van der Waals surface area contributed by atoms with Gasteiger partial charge >= 0.3 is 0 Å². The summed E-state index contributed by atoms with van der Waals surface area (Å²) in [6.45, 7) is 5.23. The van der Waals surface area contributed by atoms with Crippen LogP contribution in [-0.4, -0.2) is 56.7 Å². The van der Waals surface area contributed by atoms with Crippen LogP contribution in [0, 0.1) is 5.41 Å². The number of carbonyl (C=O) groups is 1. The molecule has 2 N–H and O–H groups in total. The molecule has 5 nitrogen and oxygen atoms in total. The molecular weight excluding hydrogens is 373 g/mol. The Labute approximate surface area is 169 Å². The van der Waals surface area contributed by atoms with Crippen molar-refractivity contribution < 1.29 is 9.53 Å². The molecule has 0 radical (unpaired) electrons. The Kier molecular flexibility index (Phi) is 9.90. The number of halogens is 2. The third-order valence-electron chi connectivity index (χ3n) is 5.32. The molecule has 0 bridgehead atoms. The fourth-order valence-electron chi connectivity index (χ4n) is 3.89. The molecule has 1 aromatic carbocycles. The van der Waals surface area contributed by atoms with Crippen LogP contribution in [0.25, 0.3) is 0 Å². The average Bonchev–Trinajstić information content (AvgIpc) is 3.04. The Morgan fingerprint density at radius 1 is 1.27 bits per heavy atom. The number of carbonyl (C=O) groups excluding carboxylic acids is 1. The van der Waals surface area contributed by atoms with E-state index in [1.807, 2.05) is 6.07 Å². The molecule has 2 fully saturated rings. The predicted molar refractivity (Wildman–Crippen MR) is 109 cm³/mol. The number of likely N-dealkylation sites (tertiary alicyclic amines) is 1. The summed E-state index contributed by atoms with van der Waals surface area (Å²) in [5, 5.41) is 6.64. The van der Waals surface area contributed by atoms with Gasteiger partial charge in [0.1, 0.15) is 0 Å². The van der Waals surface area contributed by atoms with Crippen molar-refractivity contribution in [1.29, 1.82) is 0 Å². The van der Waals surface area contributed by atoms with E-state index in [1.54, 1.807) is 7.11 Å². The number of rotatable bonds is 6. The van der Waals surface area contributed by atoms with Crippen molar-refractivity contribution in [1.82, 2.24) is 15.5 Å². The lowest BCUT2D eigenvalue weighted by Gasteiger charge is -2.36. The van der Waals surface area contributed by atoms with E-state index in [0.29, 0.717) is 6.61 Å². The van der Waals surface area contributed by atoms with E-state index in [2.05, 4.69) is 39.8 Å². The zero-order valence-corrected chi connectivity index (χ0v) is 17.0. The number of hydrogen-bond donors (Lipinski definition) is 2. The summed E-state index contributed by atoms with van der Waals surface area (Å²) < 4.78 is 5.37. The molecule has 3 rings (SSSR count). The Hall–Kier alpha value is -0.850. The molecule has 0 spiro atoms. The standard InChI is InChI=1S/C19H29N3O2.2ClH/c1-24-15-19(8-10-20-11-9-19)18(23)21-17-7-12-22(14-17)13-16-5-3-2-4-6-16;;/h2-6,17,20H,7-15H2,1H3,(H,21,23);2*1H. The number of methoxy groups -OCH3 is 1. The maximum Gasteiger partial charge on any atom is 0.228 e. The highest BCUT2D eigenvalue weighted by Crippen LogP contribution is 2.30. The van der Waals surface area contributed by atoms with Crippen LogP contribution >= 0.6 is 24.8 Å². The van der Waals surface area contributed by atoms with Gasteiger partial charge in [-0.15, -0.1) is 24.8 Å². The second-order valence-electron chi connectivity index (χ2n) is 7.14. The molecule has 0 aromatic heterocycles. The molecule has 2 aliphatic heterocycles. The van der Waals surface area contributed by atoms with Crippen LogP contribution in [0.1, 0.15) is 24.8 Å². The number of ether oxygens (including phenoxy) is 1. The highest BCUT2D eigenvalue weighted by molar-refractivity contribution is 5.85. The van der Waals surface area contributed by atoms with Crippen LogP contribution in [0.4, 0.5) is 0 Å². The zero-order chi connectivity index (χ0) is 16.8. The highest BCUT2D eigenvalue weighted by Gasteiger charge is 2.41.